The van der Waals surface area contributed by atoms with Crippen LogP contribution in [0, 0.1) is 13.8 Å². The zero-order chi connectivity index (χ0) is 14.0. The summed E-state index contributed by atoms with van der Waals surface area (Å²) in [7, 11) is -3.54. The first-order valence-electron chi connectivity index (χ1n) is 5.98. The van der Waals surface area contributed by atoms with Crippen LogP contribution in [0.1, 0.15) is 29.9 Å². The van der Waals surface area contributed by atoms with Crippen LogP contribution >= 0.6 is 0 Å². The Morgan fingerprint density at radius 2 is 1.84 bits per heavy atom. The Morgan fingerprint density at radius 3 is 2.37 bits per heavy atom. The molecule has 6 heteroatoms. The molecule has 0 saturated carbocycles. The highest BCUT2D eigenvalue weighted by Gasteiger charge is 2.19. The second-order valence-corrected chi connectivity index (χ2v) is 6.35. The van der Waals surface area contributed by atoms with Crippen LogP contribution < -0.4 is 4.72 Å². The fourth-order valence-corrected chi connectivity index (χ4v) is 3.35. The monoisotopic (exact) mass is 279 g/mol. The van der Waals surface area contributed by atoms with Crippen molar-refractivity contribution in [2.75, 3.05) is 0 Å². The number of benzene rings is 1. The molecule has 0 aliphatic carbocycles. The maximum atomic E-state index is 12.3. The van der Waals surface area contributed by atoms with Crippen molar-refractivity contribution in [3.8, 4) is 0 Å². The summed E-state index contributed by atoms with van der Waals surface area (Å²) in [5, 5.41) is 0. The van der Waals surface area contributed by atoms with Crippen LogP contribution in [-0.4, -0.2) is 18.4 Å². The SMILES string of the molecule is Cc1cc(C)cc(S(=O)(=O)NC(C)c2ncc[nH]2)c1. The molecule has 1 unspecified atom stereocenters. The fraction of sp³-hybridized carbons (Fsp3) is 0.308. The van der Waals surface area contributed by atoms with Crippen LogP contribution in [0.3, 0.4) is 0 Å². The lowest BCUT2D eigenvalue weighted by Crippen LogP contribution is -2.27. The molecule has 0 fully saturated rings. The Kier molecular flexibility index (Phi) is 3.73. The molecule has 102 valence electrons. The lowest BCUT2D eigenvalue weighted by atomic mass is 10.2. The highest BCUT2D eigenvalue weighted by molar-refractivity contribution is 7.89. The lowest BCUT2D eigenvalue weighted by molar-refractivity contribution is 0.561. The summed E-state index contributed by atoms with van der Waals surface area (Å²) in [5.74, 6) is 0.591. The number of rotatable bonds is 4. The van der Waals surface area contributed by atoms with Crippen molar-refractivity contribution >= 4 is 10.0 Å². The van der Waals surface area contributed by atoms with E-state index in [0.717, 1.165) is 11.1 Å². The molecule has 2 rings (SSSR count). The van der Waals surface area contributed by atoms with Gasteiger partial charge in [-0.15, -0.1) is 0 Å². The van der Waals surface area contributed by atoms with Gasteiger partial charge in [0.25, 0.3) is 0 Å². The van der Waals surface area contributed by atoms with Gasteiger partial charge in [-0.2, -0.15) is 0 Å². The summed E-state index contributed by atoms with van der Waals surface area (Å²) in [4.78, 5) is 7.22. The Hall–Kier alpha value is -1.66. The summed E-state index contributed by atoms with van der Waals surface area (Å²) in [5.41, 5.74) is 1.84. The van der Waals surface area contributed by atoms with Crippen molar-refractivity contribution in [1.29, 1.82) is 0 Å². The predicted octanol–water partition coefficient (Wildman–Crippen LogP) is 2.07. The Balaban J connectivity index is 2.27. The third-order valence-corrected chi connectivity index (χ3v) is 4.29. The van der Waals surface area contributed by atoms with Gasteiger partial charge in [0.15, 0.2) is 0 Å². The molecule has 2 N–H and O–H groups in total. The van der Waals surface area contributed by atoms with Gasteiger partial charge in [-0.05, 0) is 44.0 Å². The average molecular weight is 279 g/mol. The minimum absolute atomic E-state index is 0.281. The Morgan fingerprint density at radius 1 is 1.21 bits per heavy atom. The van der Waals surface area contributed by atoms with E-state index in [1.165, 1.54) is 0 Å². The first-order valence-corrected chi connectivity index (χ1v) is 7.47. The lowest BCUT2D eigenvalue weighted by Gasteiger charge is -2.13. The highest BCUT2D eigenvalue weighted by Crippen LogP contribution is 2.17. The molecule has 0 aliphatic rings. The van der Waals surface area contributed by atoms with E-state index in [1.807, 2.05) is 19.9 Å². The van der Waals surface area contributed by atoms with Gasteiger partial charge in [-0.25, -0.2) is 18.1 Å². The number of nitrogens with one attached hydrogen (secondary N) is 2. The summed E-state index contributed by atoms with van der Waals surface area (Å²) >= 11 is 0. The molecule has 1 aromatic carbocycles. The largest absolute Gasteiger partial charge is 0.347 e. The van der Waals surface area contributed by atoms with Crippen LogP contribution in [0.15, 0.2) is 35.5 Å². The molecule has 1 aromatic heterocycles. The summed E-state index contributed by atoms with van der Waals surface area (Å²) in [6.07, 6.45) is 3.26. The molecule has 0 bridgehead atoms. The van der Waals surface area contributed by atoms with E-state index in [0.29, 0.717) is 5.82 Å². The number of sulfonamides is 1. The topological polar surface area (TPSA) is 74.8 Å². The first kappa shape index (κ1) is 13.8. The van der Waals surface area contributed by atoms with Crippen molar-refractivity contribution in [2.24, 2.45) is 0 Å². The smallest absolute Gasteiger partial charge is 0.241 e. The number of hydrogen-bond donors (Lipinski definition) is 2. The van der Waals surface area contributed by atoms with Crippen molar-refractivity contribution in [3.05, 3.63) is 47.5 Å². The number of aryl methyl sites for hydroxylation is 2. The summed E-state index contributed by atoms with van der Waals surface area (Å²) in [6.45, 7) is 5.50. The van der Waals surface area contributed by atoms with Crippen molar-refractivity contribution in [2.45, 2.75) is 31.7 Å². The number of hydrogen-bond acceptors (Lipinski definition) is 3. The van der Waals surface area contributed by atoms with Crippen LogP contribution in [0.2, 0.25) is 0 Å². The van der Waals surface area contributed by atoms with Crippen LogP contribution in [-0.2, 0) is 10.0 Å². The molecular weight excluding hydrogens is 262 g/mol. The van der Waals surface area contributed by atoms with E-state index in [4.69, 9.17) is 0 Å². The van der Waals surface area contributed by atoms with Gasteiger partial charge in [0.05, 0.1) is 10.9 Å². The minimum Gasteiger partial charge on any atom is -0.347 e. The van der Waals surface area contributed by atoms with Gasteiger partial charge >= 0.3 is 0 Å². The second kappa shape index (κ2) is 5.14. The van der Waals surface area contributed by atoms with Gasteiger partial charge in [0.2, 0.25) is 10.0 Å². The van der Waals surface area contributed by atoms with Crippen LogP contribution in [0.4, 0.5) is 0 Å². The van der Waals surface area contributed by atoms with E-state index in [1.54, 1.807) is 31.5 Å². The minimum atomic E-state index is -3.54. The number of nitrogens with zero attached hydrogens (tertiary/aromatic N) is 1. The number of H-pyrrole nitrogens is 1. The average Bonchev–Trinajstić information content (AvgIpc) is 2.80. The summed E-state index contributed by atoms with van der Waals surface area (Å²) < 4.78 is 27.2. The normalized spacial score (nSPS) is 13.4. The third-order valence-electron chi connectivity index (χ3n) is 2.77. The first-order chi connectivity index (χ1) is 8.88. The Bertz CT molecular complexity index is 643. The predicted molar refractivity (Wildman–Crippen MR) is 73.2 cm³/mol. The molecule has 2 aromatic rings. The molecule has 1 atom stereocenters. The van der Waals surface area contributed by atoms with Gasteiger partial charge in [0.1, 0.15) is 5.82 Å². The summed E-state index contributed by atoms with van der Waals surface area (Å²) in [6, 6.07) is 4.85. The second-order valence-electron chi connectivity index (χ2n) is 4.64. The number of imidazole rings is 1. The molecule has 0 aliphatic heterocycles. The van der Waals surface area contributed by atoms with E-state index in [9.17, 15) is 8.42 Å². The number of aromatic amines is 1. The van der Waals surface area contributed by atoms with Crippen molar-refractivity contribution in [1.82, 2.24) is 14.7 Å². The third kappa shape index (κ3) is 3.21. The van der Waals surface area contributed by atoms with E-state index >= 15 is 0 Å². The Labute approximate surface area is 113 Å². The van der Waals surface area contributed by atoms with Gasteiger partial charge in [0, 0.05) is 12.4 Å². The molecule has 0 amide bonds. The van der Waals surface area contributed by atoms with Crippen molar-refractivity contribution < 1.29 is 8.42 Å². The molecule has 0 saturated heterocycles. The molecule has 19 heavy (non-hydrogen) atoms. The molecular formula is C13H17N3O2S. The van der Waals surface area contributed by atoms with Crippen molar-refractivity contribution in [3.63, 3.8) is 0 Å². The molecule has 0 spiro atoms. The van der Waals surface area contributed by atoms with Gasteiger partial charge in [-0.3, -0.25) is 0 Å². The maximum Gasteiger partial charge on any atom is 0.241 e. The van der Waals surface area contributed by atoms with E-state index in [2.05, 4.69) is 14.7 Å². The standard InChI is InChI=1S/C13H17N3O2S/c1-9-6-10(2)8-12(7-9)19(17,18)16-11(3)13-14-4-5-15-13/h4-8,11,16H,1-3H3,(H,14,15). The molecule has 1 heterocycles. The maximum absolute atomic E-state index is 12.3. The van der Waals surface area contributed by atoms with Crippen LogP contribution in [0.5, 0.6) is 0 Å². The van der Waals surface area contributed by atoms with Gasteiger partial charge in [-0.1, -0.05) is 6.07 Å². The number of aromatic nitrogens is 2. The van der Waals surface area contributed by atoms with E-state index < -0.39 is 16.1 Å². The van der Waals surface area contributed by atoms with Crippen LogP contribution in [0.25, 0.3) is 0 Å². The van der Waals surface area contributed by atoms with Gasteiger partial charge < -0.3 is 4.98 Å². The fourth-order valence-electron chi connectivity index (χ4n) is 1.96. The highest BCUT2D eigenvalue weighted by atomic mass is 32.2. The van der Waals surface area contributed by atoms with E-state index in [-0.39, 0.29) is 4.90 Å². The molecule has 5 nitrogen and oxygen atoms in total. The zero-order valence-corrected chi connectivity index (χ0v) is 12.0. The molecule has 0 radical (unpaired) electrons. The zero-order valence-electron chi connectivity index (χ0n) is 11.1. The quantitative estimate of drug-likeness (QED) is 0.899.